The third-order valence-corrected chi connectivity index (χ3v) is 2.51. The van der Waals surface area contributed by atoms with E-state index in [0.717, 1.165) is 5.56 Å². The van der Waals surface area contributed by atoms with E-state index in [2.05, 4.69) is 10.3 Å². The topological polar surface area (TPSA) is 76.7 Å². The van der Waals surface area contributed by atoms with Crippen LogP contribution in [0.25, 0.3) is 0 Å². The summed E-state index contributed by atoms with van der Waals surface area (Å²) in [6, 6.07) is 9.35. The van der Waals surface area contributed by atoms with Gasteiger partial charge in [-0.25, -0.2) is 4.99 Å². The highest BCUT2D eigenvalue weighted by atomic mass is 16.5. The fourth-order valence-corrected chi connectivity index (χ4v) is 1.64. The first kappa shape index (κ1) is 11.3. The molecule has 0 spiro atoms. The van der Waals surface area contributed by atoms with Crippen molar-refractivity contribution in [2.45, 2.75) is 5.85 Å². The molecule has 0 saturated heterocycles. The van der Waals surface area contributed by atoms with Crippen LogP contribution < -0.4 is 11.1 Å². The van der Waals surface area contributed by atoms with Crippen LogP contribution in [0, 0.1) is 0 Å². The third-order valence-electron chi connectivity index (χ3n) is 2.51. The van der Waals surface area contributed by atoms with Crippen molar-refractivity contribution in [2.24, 2.45) is 10.7 Å². The minimum Gasteiger partial charge on any atom is -0.364 e. The van der Waals surface area contributed by atoms with Crippen LogP contribution >= 0.6 is 0 Å². The molecule has 1 amide bonds. The summed E-state index contributed by atoms with van der Waals surface area (Å²) in [6.45, 7) is 0. The van der Waals surface area contributed by atoms with E-state index in [4.69, 9.17) is 10.5 Å². The van der Waals surface area contributed by atoms with E-state index in [1.165, 1.54) is 13.2 Å². The standard InChI is InChI=1S/C12H13N3O2/c1-17-12(9-5-3-2-4-6-9)14-8-7-10(15-12)11(13)16/h2-8,14H,1H3,(H2,13,16). The van der Waals surface area contributed by atoms with Crippen LogP contribution in [-0.2, 0) is 15.4 Å². The highest BCUT2D eigenvalue weighted by Gasteiger charge is 2.33. The molecule has 0 fully saturated rings. The molecule has 1 unspecified atom stereocenters. The zero-order valence-electron chi connectivity index (χ0n) is 9.38. The third kappa shape index (κ3) is 2.05. The van der Waals surface area contributed by atoms with Gasteiger partial charge in [0, 0.05) is 18.9 Å². The fourth-order valence-electron chi connectivity index (χ4n) is 1.64. The number of ether oxygens (including phenoxy) is 1. The van der Waals surface area contributed by atoms with E-state index >= 15 is 0 Å². The number of carbonyl (C=O) groups excluding carboxylic acids is 1. The minimum absolute atomic E-state index is 0.175. The van der Waals surface area contributed by atoms with Crippen LogP contribution in [0.5, 0.6) is 0 Å². The molecule has 1 heterocycles. The van der Waals surface area contributed by atoms with Gasteiger partial charge in [0.2, 0.25) is 0 Å². The lowest BCUT2D eigenvalue weighted by Crippen LogP contribution is -2.44. The van der Waals surface area contributed by atoms with E-state index in [0.29, 0.717) is 0 Å². The van der Waals surface area contributed by atoms with Gasteiger partial charge in [0.15, 0.2) is 0 Å². The molecule has 1 aliphatic heterocycles. The van der Waals surface area contributed by atoms with Gasteiger partial charge in [-0.05, 0) is 6.08 Å². The highest BCUT2D eigenvalue weighted by molar-refractivity contribution is 6.43. The predicted molar refractivity (Wildman–Crippen MR) is 64.0 cm³/mol. The summed E-state index contributed by atoms with van der Waals surface area (Å²) in [5.74, 6) is -1.67. The Bertz CT molecular complexity index is 482. The highest BCUT2D eigenvalue weighted by Crippen LogP contribution is 2.25. The summed E-state index contributed by atoms with van der Waals surface area (Å²) in [4.78, 5) is 15.4. The molecule has 1 aliphatic rings. The van der Waals surface area contributed by atoms with Gasteiger partial charge < -0.3 is 15.8 Å². The minimum atomic E-state index is -1.08. The average Bonchev–Trinajstić information content (AvgIpc) is 2.39. The van der Waals surface area contributed by atoms with Crippen molar-refractivity contribution in [3.63, 3.8) is 0 Å². The molecule has 0 saturated carbocycles. The Kier molecular flexibility index (Phi) is 2.93. The number of rotatable bonds is 3. The maximum Gasteiger partial charge on any atom is 0.267 e. The van der Waals surface area contributed by atoms with Gasteiger partial charge in [0.1, 0.15) is 5.71 Å². The first-order valence-electron chi connectivity index (χ1n) is 5.12. The van der Waals surface area contributed by atoms with Gasteiger partial charge in [-0.2, -0.15) is 0 Å². The second kappa shape index (κ2) is 4.39. The van der Waals surface area contributed by atoms with Crippen LogP contribution in [0.1, 0.15) is 5.56 Å². The zero-order chi connectivity index (χ0) is 12.3. The van der Waals surface area contributed by atoms with Gasteiger partial charge in [-0.15, -0.1) is 0 Å². The second-order valence-corrected chi connectivity index (χ2v) is 3.55. The molecule has 0 bridgehead atoms. The van der Waals surface area contributed by atoms with E-state index in [1.54, 1.807) is 6.20 Å². The smallest absolute Gasteiger partial charge is 0.267 e. The van der Waals surface area contributed by atoms with Crippen LogP contribution in [-0.4, -0.2) is 18.7 Å². The summed E-state index contributed by atoms with van der Waals surface area (Å²) in [5.41, 5.74) is 6.19. The number of nitrogens with two attached hydrogens (primary N) is 1. The zero-order valence-corrected chi connectivity index (χ0v) is 9.38. The maximum atomic E-state index is 11.1. The van der Waals surface area contributed by atoms with Gasteiger partial charge in [0.05, 0.1) is 0 Å². The van der Waals surface area contributed by atoms with Crippen molar-refractivity contribution in [3.8, 4) is 0 Å². The monoisotopic (exact) mass is 231 g/mol. The lowest BCUT2D eigenvalue weighted by atomic mass is 10.1. The molecule has 88 valence electrons. The van der Waals surface area contributed by atoms with Gasteiger partial charge in [-0.1, -0.05) is 30.3 Å². The molecule has 0 aromatic heterocycles. The number of hydrogen-bond acceptors (Lipinski definition) is 4. The summed E-state index contributed by atoms with van der Waals surface area (Å²) in [6.07, 6.45) is 3.12. The molecular weight excluding hydrogens is 218 g/mol. The van der Waals surface area contributed by atoms with E-state index in [1.807, 2.05) is 30.3 Å². The van der Waals surface area contributed by atoms with Crippen LogP contribution in [0.3, 0.4) is 0 Å². The number of benzene rings is 1. The lowest BCUT2D eigenvalue weighted by Gasteiger charge is -2.31. The number of methoxy groups -OCH3 is 1. The number of amides is 1. The van der Waals surface area contributed by atoms with Crippen molar-refractivity contribution in [3.05, 3.63) is 48.2 Å². The van der Waals surface area contributed by atoms with Crippen molar-refractivity contribution >= 4 is 11.6 Å². The van der Waals surface area contributed by atoms with Crippen LogP contribution in [0.15, 0.2) is 47.6 Å². The van der Waals surface area contributed by atoms with Gasteiger partial charge >= 0.3 is 0 Å². The number of hydrogen-bond donors (Lipinski definition) is 2. The Labute approximate surface area is 99.0 Å². The molecule has 1 atom stereocenters. The SMILES string of the molecule is COC1(c2ccccc2)N=C(C(N)=O)C=CN1. The molecule has 0 aliphatic carbocycles. The number of aliphatic imine (C=N–C) groups is 1. The number of nitrogens with one attached hydrogen (secondary N) is 1. The van der Waals surface area contributed by atoms with Gasteiger partial charge in [-0.3, -0.25) is 4.79 Å². The Balaban J connectivity index is 2.46. The predicted octanol–water partition coefficient (Wildman–Crippen LogP) is 0.487. The Morgan fingerprint density at radius 2 is 2.12 bits per heavy atom. The van der Waals surface area contributed by atoms with E-state index in [9.17, 15) is 4.79 Å². The first-order chi connectivity index (χ1) is 8.18. The van der Waals surface area contributed by atoms with Crippen LogP contribution in [0.2, 0.25) is 0 Å². The number of primary amides is 1. The molecule has 5 nitrogen and oxygen atoms in total. The Morgan fingerprint density at radius 1 is 1.41 bits per heavy atom. The van der Waals surface area contributed by atoms with Crippen molar-refractivity contribution in [1.82, 2.24) is 5.32 Å². The molecule has 0 radical (unpaired) electrons. The second-order valence-electron chi connectivity index (χ2n) is 3.55. The Hall–Kier alpha value is -2.14. The first-order valence-corrected chi connectivity index (χ1v) is 5.12. The fraction of sp³-hybridized carbons (Fsp3) is 0.167. The maximum absolute atomic E-state index is 11.1. The molecule has 1 aromatic rings. The molecule has 2 rings (SSSR count). The van der Waals surface area contributed by atoms with E-state index in [-0.39, 0.29) is 5.71 Å². The molecule has 3 N–H and O–H groups in total. The molecular formula is C12H13N3O2. The van der Waals surface area contributed by atoms with Crippen molar-refractivity contribution in [1.29, 1.82) is 0 Å². The average molecular weight is 231 g/mol. The largest absolute Gasteiger partial charge is 0.364 e. The van der Waals surface area contributed by atoms with E-state index < -0.39 is 11.8 Å². The number of carbonyl (C=O) groups is 1. The summed E-state index contributed by atoms with van der Waals surface area (Å²) < 4.78 is 5.39. The lowest BCUT2D eigenvalue weighted by molar-refractivity contribution is -0.112. The number of nitrogens with zero attached hydrogens (tertiary/aromatic N) is 1. The van der Waals surface area contributed by atoms with Crippen molar-refractivity contribution in [2.75, 3.05) is 7.11 Å². The molecule has 1 aromatic carbocycles. The molecule has 17 heavy (non-hydrogen) atoms. The normalized spacial score (nSPS) is 22.8. The summed E-state index contributed by atoms with van der Waals surface area (Å²) in [7, 11) is 1.52. The quantitative estimate of drug-likeness (QED) is 0.794. The Morgan fingerprint density at radius 3 is 2.71 bits per heavy atom. The van der Waals surface area contributed by atoms with Crippen LogP contribution in [0.4, 0.5) is 0 Å². The van der Waals surface area contributed by atoms with Crippen molar-refractivity contribution < 1.29 is 9.53 Å². The summed E-state index contributed by atoms with van der Waals surface area (Å²) >= 11 is 0. The molecule has 5 heteroatoms. The summed E-state index contributed by atoms with van der Waals surface area (Å²) in [5, 5.41) is 2.99. The van der Waals surface area contributed by atoms with Gasteiger partial charge in [0.25, 0.3) is 11.8 Å².